The minimum atomic E-state index is -0.316. The molecule has 3 aromatic rings. The van der Waals surface area contributed by atoms with E-state index < -0.39 is 0 Å². The number of methoxy groups -OCH3 is 1. The maximum atomic E-state index is 14.6. The summed E-state index contributed by atoms with van der Waals surface area (Å²) >= 11 is 0. The largest absolute Gasteiger partial charge is 0.496 e. The SMILES string of the molecule is COc1ccc(C23CCC(CN(C(=O)C4CCC(OC(=O)NC5CCC5)CC4)c4cc(-c5coc(C(C)(C)C)n5)ccn4)(CC2)CC3)cc1C. The van der Waals surface area contributed by atoms with Gasteiger partial charge in [0.1, 0.15) is 29.6 Å². The lowest BCUT2D eigenvalue weighted by Gasteiger charge is -2.55. The highest BCUT2D eigenvalue weighted by atomic mass is 16.6. The number of hydrogen-bond donors (Lipinski definition) is 1. The van der Waals surface area contributed by atoms with Crippen molar-refractivity contribution in [2.45, 2.75) is 134 Å². The second-order valence-corrected chi connectivity index (χ2v) is 16.7. The summed E-state index contributed by atoms with van der Waals surface area (Å²) in [6, 6.07) is 10.9. The highest BCUT2D eigenvalue weighted by Gasteiger charge is 2.51. The van der Waals surface area contributed by atoms with Crippen LogP contribution in [0.5, 0.6) is 5.75 Å². The van der Waals surface area contributed by atoms with Crippen LogP contribution in [-0.4, -0.2) is 47.8 Å². The average Bonchev–Trinajstić information content (AvgIpc) is 3.62. The van der Waals surface area contributed by atoms with Gasteiger partial charge in [-0.25, -0.2) is 14.8 Å². The number of aryl methyl sites for hydroxylation is 1. The fourth-order valence-electron chi connectivity index (χ4n) is 8.78. The number of nitrogens with one attached hydrogen (secondary N) is 1. The van der Waals surface area contributed by atoms with Crippen LogP contribution in [-0.2, 0) is 20.4 Å². The summed E-state index contributed by atoms with van der Waals surface area (Å²) in [6.07, 6.45) is 15.6. The van der Waals surface area contributed by atoms with Crippen LogP contribution >= 0.6 is 0 Å². The van der Waals surface area contributed by atoms with E-state index in [9.17, 15) is 9.59 Å². The summed E-state index contributed by atoms with van der Waals surface area (Å²) in [4.78, 5) is 38.7. The number of ether oxygens (including phenoxy) is 2. The molecule has 5 aliphatic rings. The second kappa shape index (κ2) is 13.7. The van der Waals surface area contributed by atoms with Crippen LogP contribution in [0.2, 0.25) is 0 Å². The molecule has 0 spiro atoms. The van der Waals surface area contributed by atoms with Gasteiger partial charge in [0.15, 0.2) is 5.89 Å². The molecule has 8 rings (SSSR count). The minimum Gasteiger partial charge on any atom is -0.496 e. The van der Waals surface area contributed by atoms with Crippen molar-refractivity contribution in [1.82, 2.24) is 15.3 Å². The Bertz CT molecular complexity index is 1670. The summed E-state index contributed by atoms with van der Waals surface area (Å²) in [5.74, 6) is 2.28. The quantitative estimate of drug-likeness (QED) is 0.240. The normalized spacial score (nSPS) is 26.6. The van der Waals surface area contributed by atoms with Crippen LogP contribution < -0.4 is 15.0 Å². The third-order valence-corrected chi connectivity index (χ3v) is 12.4. The number of hydrogen-bond acceptors (Lipinski definition) is 7. The molecular formula is C41H54N4O5. The van der Waals surface area contributed by atoms with Gasteiger partial charge in [-0.2, -0.15) is 0 Å². The lowest BCUT2D eigenvalue weighted by atomic mass is 9.51. The molecule has 1 N–H and O–H groups in total. The highest BCUT2D eigenvalue weighted by Crippen LogP contribution is 2.58. The molecule has 268 valence electrons. The van der Waals surface area contributed by atoms with E-state index in [2.05, 4.69) is 51.2 Å². The average molecular weight is 683 g/mol. The van der Waals surface area contributed by atoms with Crippen molar-refractivity contribution in [3.63, 3.8) is 0 Å². The maximum Gasteiger partial charge on any atom is 0.407 e. The molecule has 2 aromatic heterocycles. The van der Waals surface area contributed by atoms with Crippen LogP contribution in [0.15, 0.2) is 47.2 Å². The number of carbonyl (C=O) groups is 2. The van der Waals surface area contributed by atoms with Gasteiger partial charge in [0.25, 0.3) is 0 Å². The monoisotopic (exact) mass is 682 g/mol. The van der Waals surface area contributed by atoms with Crippen LogP contribution in [0.1, 0.15) is 121 Å². The molecule has 50 heavy (non-hydrogen) atoms. The number of nitrogens with zero attached hydrogens (tertiary/aromatic N) is 3. The van der Waals surface area contributed by atoms with Gasteiger partial charge in [0.05, 0.1) is 7.11 Å². The van der Waals surface area contributed by atoms with E-state index in [1.54, 1.807) is 19.6 Å². The van der Waals surface area contributed by atoms with E-state index in [4.69, 9.17) is 23.9 Å². The number of rotatable bonds is 9. The van der Waals surface area contributed by atoms with Crippen molar-refractivity contribution in [2.75, 3.05) is 18.6 Å². The van der Waals surface area contributed by atoms with Crippen molar-refractivity contribution >= 4 is 17.8 Å². The van der Waals surface area contributed by atoms with Crippen LogP contribution in [0.25, 0.3) is 11.3 Å². The third kappa shape index (κ3) is 7.02. The molecule has 5 fully saturated rings. The molecule has 0 radical (unpaired) electrons. The predicted molar refractivity (Wildman–Crippen MR) is 193 cm³/mol. The number of anilines is 1. The van der Waals surface area contributed by atoms with E-state index in [1.165, 1.54) is 11.1 Å². The van der Waals surface area contributed by atoms with Gasteiger partial charge in [-0.1, -0.05) is 32.9 Å². The number of oxazole rings is 1. The summed E-state index contributed by atoms with van der Waals surface area (Å²) in [5, 5.41) is 2.98. The smallest absolute Gasteiger partial charge is 0.407 e. The lowest BCUT2D eigenvalue weighted by molar-refractivity contribution is -0.124. The first-order valence-corrected chi connectivity index (χ1v) is 18.8. The number of amides is 2. The number of aromatic nitrogens is 2. The number of benzene rings is 1. The summed E-state index contributed by atoms with van der Waals surface area (Å²) < 4.78 is 17.2. The molecule has 2 bridgehead atoms. The van der Waals surface area contributed by atoms with Gasteiger partial charge >= 0.3 is 6.09 Å². The predicted octanol–water partition coefficient (Wildman–Crippen LogP) is 8.81. The first-order valence-electron chi connectivity index (χ1n) is 18.8. The summed E-state index contributed by atoms with van der Waals surface area (Å²) in [6.45, 7) is 9.04. The van der Waals surface area contributed by atoms with Crippen molar-refractivity contribution < 1.29 is 23.5 Å². The molecular weight excluding hydrogens is 628 g/mol. The zero-order valence-electron chi connectivity index (χ0n) is 30.6. The second-order valence-electron chi connectivity index (χ2n) is 16.7. The molecule has 2 amide bonds. The maximum absolute atomic E-state index is 14.6. The van der Waals surface area contributed by atoms with E-state index in [1.807, 2.05) is 17.0 Å². The topological polar surface area (TPSA) is 107 Å². The van der Waals surface area contributed by atoms with Crippen LogP contribution in [0, 0.1) is 18.3 Å². The number of carbonyl (C=O) groups excluding carboxylic acids is 2. The Morgan fingerprint density at radius 2 is 1.70 bits per heavy atom. The van der Waals surface area contributed by atoms with Gasteiger partial charge in [-0.15, -0.1) is 0 Å². The Morgan fingerprint density at radius 1 is 0.980 bits per heavy atom. The molecule has 5 aliphatic carbocycles. The van der Waals surface area contributed by atoms with Crippen LogP contribution in [0.4, 0.5) is 10.6 Å². The fraction of sp³-hybridized carbons (Fsp3) is 0.610. The van der Waals surface area contributed by atoms with Gasteiger partial charge in [0.2, 0.25) is 5.91 Å². The molecule has 0 aliphatic heterocycles. The fourth-order valence-corrected chi connectivity index (χ4v) is 8.78. The van der Waals surface area contributed by atoms with E-state index in [0.29, 0.717) is 43.9 Å². The zero-order valence-corrected chi connectivity index (χ0v) is 30.6. The molecule has 2 heterocycles. The first-order chi connectivity index (χ1) is 24.0. The molecule has 0 atom stereocenters. The zero-order chi connectivity index (χ0) is 35.1. The highest BCUT2D eigenvalue weighted by molar-refractivity contribution is 5.95. The Kier molecular flexibility index (Phi) is 9.46. The minimum absolute atomic E-state index is 0.0455. The van der Waals surface area contributed by atoms with Gasteiger partial charge in [-0.05, 0) is 131 Å². The summed E-state index contributed by atoms with van der Waals surface area (Å²) in [5.41, 5.74) is 4.27. The van der Waals surface area contributed by atoms with Crippen molar-refractivity contribution in [3.8, 4) is 17.0 Å². The molecule has 0 saturated heterocycles. The first kappa shape index (κ1) is 34.6. The lowest BCUT2D eigenvalue weighted by Crippen LogP contribution is -2.52. The van der Waals surface area contributed by atoms with Crippen LogP contribution in [0.3, 0.4) is 0 Å². The van der Waals surface area contributed by atoms with E-state index >= 15 is 0 Å². The van der Waals surface area contributed by atoms with E-state index in [0.717, 1.165) is 74.8 Å². The summed E-state index contributed by atoms with van der Waals surface area (Å²) in [7, 11) is 1.73. The Morgan fingerprint density at radius 3 is 2.30 bits per heavy atom. The Balaban J connectivity index is 1.10. The van der Waals surface area contributed by atoms with Gasteiger partial charge < -0.3 is 19.2 Å². The Hall–Kier alpha value is -3.88. The molecule has 0 unspecified atom stereocenters. The van der Waals surface area contributed by atoms with E-state index in [-0.39, 0.29) is 46.3 Å². The number of pyridine rings is 1. The Labute approximate surface area is 296 Å². The number of fused-ring (bicyclic) bond motifs is 3. The van der Waals surface area contributed by atoms with Crippen molar-refractivity contribution in [3.05, 3.63) is 59.8 Å². The molecule has 9 nitrogen and oxygen atoms in total. The standard InChI is InChI=1S/C41H54N4O5/c1-27-23-30(11-14-34(27)48-5)41-19-16-40(17-20-41,18-21-41)26-45(35-24-29(15-22-42-35)33-25-49-37(44-33)39(2,3)4)36(46)28-9-12-32(13-10-28)50-38(47)43-31-7-6-8-31/h11,14-15,22-25,28,31-32H,6-10,12-13,16-21,26H2,1-5H3,(H,43,47). The van der Waals surface area contributed by atoms with Crippen molar-refractivity contribution in [2.24, 2.45) is 11.3 Å². The molecule has 5 saturated carbocycles. The molecule has 9 heteroatoms. The van der Waals surface area contributed by atoms with Crippen molar-refractivity contribution in [1.29, 1.82) is 0 Å². The van der Waals surface area contributed by atoms with Gasteiger partial charge in [-0.3, -0.25) is 9.69 Å². The number of alkyl carbamates (subject to hydrolysis) is 1. The third-order valence-electron chi connectivity index (χ3n) is 12.4. The molecule has 1 aromatic carbocycles. The van der Waals surface area contributed by atoms with Gasteiger partial charge in [0, 0.05) is 35.7 Å².